The molecule has 138 valence electrons. The Labute approximate surface area is 162 Å². The molecule has 1 aromatic carbocycles. The molecule has 0 atom stereocenters. The quantitative estimate of drug-likeness (QED) is 0.365. The Balaban J connectivity index is 1.77. The molecule has 3 rings (SSSR count). The van der Waals surface area contributed by atoms with E-state index in [-0.39, 0.29) is 12.2 Å². The van der Waals surface area contributed by atoms with Crippen LogP contribution in [0.2, 0.25) is 0 Å². The van der Waals surface area contributed by atoms with Crippen LogP contribution >= 0.6 is 15.9 Å². The van der Waals surface area contributed by atoms with Crippen LogP contribution in [-0.4, -0.2) is 26.8 Å². The fourth-order valence-corrected chi connectivity index (χ4v) is 2.79. The summed E-state index contributed by atoms with van der Waals surface area (Å²) in [6, 6.07) is 10.9. The van der Waals surface area contributed by atoms with Gasteiger partial charge in [-0.05, 0) is 36.8 Å². The van der Waals surface area contributed by atoms with Crippen LogP contribution in [0.1, 0.15) is 27.6 Å². The molecule has 3 aromatic rings. The molecule has 0 aliphatic rings. The molecule has 2 heterocycles. The number of furan rings is 1. The summed E-state index contributed by atoms with van der Waals surface area (Å²) < 4.78 is 7.50. The summed E-state index contributed by atoms with van der Waals surface area (Å²) in [6.07, 6.45) is 2.52. The van der Waals surface area contributed by atoms with E-state index in [0.717, 1.165) is 10.0 Å². The van der Waals surface area contributed by atoms with Gasteiger partial charge in [-0.1, -0.05) is 28.1 Å². The van der Waals surface area contributed by atoms with Gasteiger partial charge in [0.25, 0.3) is 5.91 Å². The molecule has 0 spiro atoms. The number of nitrogens with zero attached hydrogens (tertiary/aromatic N) is 4. The fourth-order valence-electron chi connectivity index (χ4n) is 2.34. The molecule has 27 heavy (non-hydrogen) atoms. The number of hydrazone groups is 1. The molecule has 10 heteroatoms. The summed E-state index contributed by atoms with van der Waals surface area (Å²) in [4.78, 5) is 22.8. The van der Waals surface area contributed by atoms with Crippen molar-refractivity contribution in [1.29, 1.82) is 0 Å². The highest BCUT2D eigenvalue weighted by molar-refractivity contribution is 9.10. The first kappa shape index (κ1) is 18.5. The molecule has 1 N–H and O–H groups in total. The number of benzene rings is 1. The lowest BCUT2D eigenvalue weighted by Crippen LogP contribution is -2.19. The molecule has 0 bridgehead atoms. The molecule has 1 amide bonds. The number of halogens is 1. The third-order valence-electron chi connectivity index (χ3n) is 3.51. The number of aryl methyl sites for hydroxylation is 1. The van der Waals surface area contributed by atoms with Gasteiger partial charge in [0.05, 0.1) is 17.7 Å². The second-order valence-electron chi connectivity index (χ2n) is 5.60. The minimum Gasteiger partial charge on any atom is -0.460 e. The molecular weight excluding hydrogens is 418 g/mol. The van der Waals surface area contributed by atoms with Gasteiger partial charge in [-0.25, -0.2) is 5.43 Å². The smallest absolute Gasteiger partial charge is 0.320 e. The molecule has 9 nitrogen and oxygen atoms in total. The number of hydrogen-bond donors (Lipinski definition) is 1. The Hall–Kier alpha value is -3.27. The maximum atomic E-state index is 12.2. The first-order valence-corrected chi connectivity index (χ1v) is 8.58. The Kier molecular flexibility index (Phi) is 5.46. The third kappa shape index (κ3) is 4.67. The molecule has 2 aromatic heterocycles. The lowest BCUT2D eigenvalue weighted by molar-refractivity contribution is -0.385. The van der Waals surface area contributed by atoms with E-state index in [1.54, 1.807) is 19.1 Å². The minimum absolute atomic E-state index is 0.280. The summed E-state index contributed by atoms with van der Waals surface area (Å²) in [5.74, 6) is 0.362. The number of carbonyl (C=O) groups excluding carboxylic acids is 1. The number of nitro groups is 1. The SMILES string of the molecule is Cc1ccc(C=NNC(=O)c2nn(Cc3cccc(Br)c3)cc2[N+](=O)[O-])o1. The van der Waals surface area contributed by atoms with Gasteiger partial charge in [0, 0.05) is 4.47 Å². The van der Waals surface area contributed by atoms with Gasteiger partial charge in [-0.3, -0.25) is 19.6 Å². The summed E-state index contributed by atoms with van der Waals surface area (Å²) in [5.41, 5.74) is 2.38. The Morgan fingerprint density at radius 1 is 1.44 bits per heavy atom. The van der Waals surface area contributed by atoms with E-state index in [1.807, 2.05) is 24.3 Å². The van der Waals surface area contributed by atoms with Crippen LogP contribution in [0, 0.1) is 17.0 Å². The Morgan fingerprint density at radius 3 is 2.93 bits per heavy atom. The average Bonchev–Trinajstić information content (AvgIpc) is 3.21. The van der Waals surface area contributed by atoms with E-state index < -0.39 is 16.5 Å². The zero-order valence-corrected chi connectivity index (χ0v) is 15.7. The van der Waals surface area contributed by atoms with Crippen molar-refractivity contribution >= 4 is 33.7 Å². The largest absolute Gasteiger partial charge is 0.460 e. The van der Waals surface area contributed by atoms with Crippen LogP contribution in [0.3, 0.4) is 0 Å². The highest BCUT2D eigenvalue weighted by Crippen LogP contribution is 2.19. The normalized spacial score (nSPS) is 11.0. The van der Waals surface area contributed by atoms with Crippen molar-refractivity contribution in [3.05, 3.63) is 80.0 Å². The van der Waals surface area contributed by atoms with Gasteiger partial charge in [-0.2, -0.15) is 10.2 Å². The van der Waals surface area contributed by atoms with Gasteiger partial charge in [0.1, 0.15) is 17.7 Å². The van der Waals surface area contributed by atoms with E-state index in [2.05, 4.69) is 31.6 Å². The van der Waals surface area contributed by atoms with E-state index in [9.17, 15) is 14.9 Å². The molecular formula is C17H14BrN5O4. The predicted molar refractivity (Wildman–Crippen MR) is 101 cm³/mol. The molecule has 0 aliphatic carbocycles. The second-order valence-corrected chi connectivity index (χ2v) is 6.51. The molecule has 0 saturated carbocycles. The Bertz CT molecular complexity index is 1020. The summed E-state index contributed by atoms with van der Waals surface area (Å²) >= 11 is 3.37. The van der Waals surface area contributed by atoms with Crippen LogP contribution in [0.25, 0.3) is 0 Å². The van der Waals surface area contributed by atoms with Gasteiger partial charge in [0.15, 0.2) is 0 Å². The molecule has 0 unspecified atom stereocenters. The van der Waals surface area contributed by atoms with Crippen molar-refractivity contribution in [2.24, 2.45) is 5.10 Å². The van der Waals surface area contributed by atoms with Crippen LogP contribution in [0.4, 0.5) is 5.69 Å². The third-order valence-corrected chi connectivity index (χ3v) is 4.00. The number of hydrogen-bond acceptors (Lipinski definition) is 6. The average molecular weight is 432 g/mol. The monoisotopic (exact) mass is 431 g/mol. The highest BCUT2D eigenvalue weighted by Gasteiger charge is 2.25. The maximum absolute atomic E-state index is 12.2. The van der Waals surface area contributed by atoms with E-state index in [0.29, 0.717) is 11.5 Å². The van der Waals surface area contributed by atoms with Crippen LogP contribution < -0.4 is 5.43 Å². The molecule has 0 radical (unpaired) electrons. The van der Waals surface area contributed by atoms with Crippen molar-refractivity contribution in [3.63, 3.8) is 0 Å². The summed E-state index contributed by atoms with van der Waals surface area (Å²) in [6.45, 7) is 2.06. The van der Waals surface area contributed by atoms with Crippen molar-refractivity contribution in [2.75, 3.05) is 0 Å². The van der Waals surface area contributed by atoms with Gasteiger partial charge in [-0.15, -0.1) is 0 Å². The standard InChI is InChI=1S/C17H14BrN5O4/c1-11-5-6-14(27-11)8-19-20-17(24)16-15(23(25)26)10-22(21-16)9-12-3-2-4-13(18)7-12/h2-8,10H,9H2,1H3,(H,20,24). The van der Waals surface area contributed by atoms with Crippen molar-refractivity contribution in [2.45, 2.75) is 13.5 Å². The number of amides is 1. The maximum Gasteiger partial charge on any atom is 0.320 e. The summed E-state index contributed by atoms with van der Waals surface area (Å²) in [7, 11) is 0. The summed E-state index contributed by atoms with van der Waals surface area (Å²) in [5, 5.41) is 19.0. The number of rotatable bonds is 6. The fraction of sp³-hybridized carbons (Fsp3) is 0.118. The highest BCUT2D eigenvalue weighted by atomic mass is 79.9. The van der Waals surface area contributed by atoms with Gasteiger partial charge < -0.3 is 4.42 Å². The lowest BCUT2D eigenvalue weighted by Gasteiger charge is -2.01. The van der Waals surface area contributed by atoms with E-state index in [1.165, 1.54) is 17.1 Å². The lowest BCUT2D eigenvalue weighted by atomic mass is 10.2. The minimum atomic E-state index is -0.783. The molecule has 0 fully saturated rings. The number of carbonyl (C=O) groups is 1. The van der Waals surface area contributed by atoms with Gasteiger partial charge >= 0.3 is 5.69 Å². The second kappa shape index (κ2) is 7.96. The van der Waals surface area contributed by atoms with E-state index in [4.69, 9.17) is 4.42 Å². The zero-order chi connectivity index (χ0) is 19.4. The van der Waals surface area contributed by atoms with E-state index >= 15 is 0 Å². The zero-order valence-electron chi connectivity index (χ0n) is 14.1. The molecule has 0 aliphatic heterocycles. The topological polar surface area (TPSA) is 116 Å². The van der Waals surface area contributed by atoms with Crippen molar-refractivity contribution < 1.29 is 14.1 Å². The van der Waals surface area contributed by atoms with Crippen LogP contribution in [0.5, 0.6) is 0 Å². The number of nitrogens with one attached hydrogen (secondary N) is 1. The Morgan fingerprint density at radius 2 is 2.26 bits per heavy atom. The van der Waals surface area contributed by atoms with Gasteiger partial charge in [0.2, 0.25) is 5.69 Å². The van der Waals surface area contributed by atoms with Crippen LogP contribution in [-0.2, 0) is 6.54 Å². The van der Waals surface area contributed by atoms with Crippen molar-refractivity contribution in [3.8, 4) is 0 Å². The predicted octanol–water partition coefficient (Wildman–Crippen LogP) is 3.27. The van der Waals surface area contributed by atoms with Crippen LogP contribution in [0.15, 0.2) is 56.6 Å². The van der Waals surface area contributed by atoms with Crippen molar-refractivity contribution in [1.82, 2.24) is 15.2 Å². The first-order chi connectivity index (χ1) is 12.9. The number of aromatic nitrogens is 2. The molecule has 0 saturated heterocycles. The first-order valence-electron chi connectivity index (χ1n) is 7.78.